The molecule has 0 aromatic carbocycles. The first-order chi connectivity index (χ1) is 10.2. The van der Waals surface area contributed by atoms with Crippen LogP contribution in [0.4, 0.5) is 4.79 Å². The van der Waals surface area contributed by atoms with E-state index in [1.807, 2.05) is 10.8 Å². The van der Waals surface area contributed by atoms with E-state index in [2.05, 4.69) is 19.6 Å². The number of rotatable bonds is 3. The molecule has 21 heavy (non-hydrogen) atoms. The smallest absolute Gasteiger partial charge is 0.451 e. The first kappa shape index (κ1) is 13.2. The average Bonchev–Trinajstić information content (AvgIpc) is 2.97. The Bertz CT molecular complexity index is 735. The lowest BCUT2D eigenvalue weighted by Crippen LogP contribution is -2.25. The van der Waals surface area contributed by atoms with E-state index in [9.17, 15) is 9.59 Å². The molecular formula is C12H12N4O5. The number of fused-ring (bicyclic) bond motifs is 3. The third kappa shape index (κ3) is 2.33. The van der Waals surface area contributed by atoms with E-state index < -0.39 is 18.4 Å². The quantitative estimate of drug-likeness (QED) is 0.590. The van der Waals surface area contributed by atoms with Crippen molar-refractivity contribution in [3.05, 3.63) is 28.8 Å². The van der Waals surface area contributed by atoms with Gasteiger partial charge in [-0.1, -0.05) is 0 Å². The number of imidazole rings is 1. The van der Waals surface area contributed by atoms with E-state index in [-0.39, 0.29) is 5.75 Å². The number of hydrogen-bond donors (Lipinski definition) is 0. The predicted octanol–water partition coefficient (Wildman–Crippen LogP) is 0.240. The summed E-state index contributed by atoms with van der Waals surface area (Å²) in [6, 6.07) is 0. The van der Waals surface area contributed by atoms with Crippen molar-refractivity contribution in [2.24, 2.45) is 0 Å². The van der Waals surface area contributed by atoms with Crippen LogP contribution >= 0.6 is 0 Å². The molecule has 0 saturated heterocycles. The van der Waals surface area contributed by atoms with Crippen LogP contribution in [0, 0.1) is 0 Å². The van der Waals surface area contributed by atoms with Gasteiger partial charge in [-0.05, 0) is 0 Å². The molecule has 0 bridgehead atoms. The molecule has 0 amide bonds. The molecule has 0 fully saturated rings. The molecule has 110 valence electrons. The lowest BCUT2D eigenvalue weighted by Gasteiger charge is -2.21. The van der Waals surface area contributed by atoms with Crippen LogP contribution in [0.2, 0.25) is 0 Å². The fourth-order valence-corrected chi connectivity index (χ4v) is 2.10. The summed E-state index contributed by atoms with van der Waals surface area (Å²) in [6.45, 7) is 0.864. The molecule has 9 heteroatoms. The monoisotopic (exact) mass is 292 g/mol. The second-order valence-corrected chi connectivity index (χ2v) is 4.21. The molecule has 0 N–H and O–H groups in total. The summed E-state index contributed by atoms with van der Waals surface area (Å²) in [5, 5.41) is 4.06. The summed E-state index contributed by atoms with van der Waals surface area (Å²) in [5.41, 5.74) is 0.0541. The molecule has 0 spiro atoms. The van der Waals surface area contributed by atoms with Crippen LogP contribution in [0.15, 0.2) is 23.4 Å². The van der Waals surface area contributed by atoms with E-state index in [1.165, 1.54) is 7.11 Å². The van der Waals surface area contributed by atoms with Crippen LogP contribution in [0.1, 0.15) is 0 Å². The molecular weight excluding hydrogens is 280 g/mol. The van der Waals surface area contributed by atoms with Gasteiger partial charge in [0, 0.05) is 18.9 Å². The number of hydrogen-bond acceptors (Lipinski definition) is 7. The predicted molar refractivity (Wildman–Crippen MR) is 68.7 cm³/mol. The Kier molecular flexibility index (Phi) is 3.30. The molecule has 0 atom stereocenters. The van der Waals surface area contributed by atoms with Gasteiger partial charge in [-0.2, -0.15) is 5.10 Å². The van der Waals surface area contributed by atoms with Crippen molar-refractivity contribution in [2.45, 2.75) is 13.1 Å². The first-order valence-electron chi connectivity index (χ1n) is 6.16. The molecule has 0 aliphatic carbocycles. The minimum Gasteiger partial charge on any atom is -0.451 e. The molecule has 2 aromatic rings. The Morgan fingerprint density at radius 1 is 1.43 bits per heavy atom. The highest BCUT2D eigenvalue weighted by atomic mass is 16.8. The maximum Gasteiger partial charge on any atom is 0.510 e. The fourth-order valence-electron chi connectivity index (χ4n) is 2.10. The van der Waals surface area contributed by atoms with Gasteiger partial charge in [0.2, 0.25) is 18.0 Å². The fraction of sp³-hybridized carbons (Fsp3) is 0.333. The third-order valence-electron chi connectivity index (χ3n) is 3.04. The highest BCUT2D eigenvalue weighted by Crippen LogP contribution is 2.28. The van der Waals surface area contributed by atoms with Crippen LogP contribution < -0.4 is 10.2 Å². The van der Waals surface area contributed by atoms with Crippen LogP contribution in [0.25, 0.3) is 11.5 Å². The normalized spacial score (nSPS) is 12.2. The minimum atomic E-state index is -0.889. The highest BCUT2D eigenvalue weighted by molar-refractivity contribution is 5.61. The first-order valence-corrected chi connectivity index (χ1v) is 6.16. The molecule has 0 saturated carbocycles. The minimum absolute atomic E-state index is 0.0426. The SMILES string of the molecule is COC(=O)OCOc1c2n(ncc1=O)CCn1ccnc1-2. The zero-order chi connectivity index (χ0) is 14.8. The van der Waals surface area contributed by atoms with Crippen molar-refractivity contribution in [1.82, 2.24) is 19.3 Å². The summed E-state index contributed by atoms with van der Waals surface area (Å²) in [7, 11) is 1.18. The van der Waals surface area contributed by atoms with Crippen molar-refractivity contribution >= 4 is 6.16 Å². The van der Waals surface area contributed by atoms with Crippen LogP contribution in [-0.4, -0.2) is 39.4 Å². The Morgan fingerprint density at radius 3 is 3.10 bits per heavy atom. The molecule has 0 unspecified atom stereocenters. The number of aromatic nitrogens is 4. The van der Waals surface area contributed by atoms with Crippen molar-refractivity contribution in [1.29, 1.82) is 0 Å². The molecule has 9 nitrogen and oxygen atoms in total. The van der Waals surface area contributed by atoms with Crippen LogP contribution in [0.5, 0.6) is 5.75 Å². The van der Waals surface area contributed by atoms with Crippen LogP contribution in [0.3, 0.4) is 0 Å². The second-order valence-electron chi connectivity index (χ2n) is 4.21. The maximum absolute atomic E-state index is 12.0. The third-order valence-corrected chi connectivity index (χ3v) is 3.04. The largest absolute Gasteiger partial charge is 0.510 e. The number of carbonyl (C=O) groups is 1. The molecule has 1 aliphatic rings. The van der Waals surface area contributed by atoms with E-state index in [0.717, 1.165) is 6.20 Å². The molecule has 3 rings (SSSR count). The topological polar surface area (TPSA) is 97.5 Å². The van der Waals surface area contributed by atoms with Crippen molar-refractivity contribution in [3.63, 3.8) is 0 Å². The van der Waals surface area contributed by atoms with Gasteiger partial charge in [0.15, 0.2) is 5.82 Å². The Labute approximate surface area is 118 Å². The lowest BCUT2D eigenvalue weighted by atomic mass is 10.2. The van der Waals surface area contributed by atoms with E-state index >= 15 is 0 Å². The average molecular weight is 292 g/mol. The highest BCUT2D eigenvalue weighted by Gasteiger charge is 2.23. The number of ether oxygens (including phenoxy) is 3. The molecule has 2 aromatic heterocycles. The second kappa shape index (κ2) is 5.27. The summed E-state index contributed by atoms with van der Waals surface area (Å²) in [4.78, 5) is 27.1. The number of nitrogens with zero attached hydrogens (tertiary/aromatic N) is 4. The zero-order valence-corrected chi connectivity index (χ0v) is 11.2. The van der Waals surface area contributed by atoms with Gasteiger partial charge in [0.1, 0.15) is 5.69 Å². The number of methoxy groups -OCH3 is 1. The Hall–Kier alpha value is -2.84. The van der Waals surface area contributed by atoms with Gasteiger partial charge >= 0.3 is 6.16 Å². The number of carbonyl (C=O) groups excluding carboxylic acids is 1. The summed E-state index contributed by atoms with van der Waals surface area (Å²) in [5.74, 6) is 0.626. The van der Waals surface area contributed by atoms with Crippen molar-refractivity contribution in [3.8, 4) is 17.3 Å². The summed E-state index contributed by atoms with van der Waals surface area (Å²) < 4.78 is 17.8. The van der Waals surface area contributed by atoms with Gasteiger partial charge < -0.3 is 18.8 Å². The number of aryl methyl sites for hydroxylation is 2. The molecule has 0 radical (unpaired) electrons. The van der Waals surface area contributed by atoms with E-state index in [4.69, 9.17) is 4.74 Å². The Balaban J connectivity index is 1.94. The van der Waals surface area contributed by atoms with Gasteiger partial charge in [0.25, 0.3) is 0 Å². The maximum atomic E-state index is 12.0. The van der Waals surface area contributed by atoms with Crippen molar-refractivity contribution < 1.29 is 19.0 Å². The van der Waals surface area contributed by atoms with E-state index in [0.29, 0.717) is 24.6 Å². The molecule has 3 heterocycles. The lowest BCUT2D eigenvalue weighted by molar-refractivity contribution is 0.0144. The van der Waals surface area contributed by atoms with Crippen LogP contribution in [-0.2, 0) is 22.6 Å². The standard InChI is InChI=1S/C12H12N4O5/c1-19-12(18)21-7-20-10-8(17)6-14-16-5-4-15-3-2-13-11(15)9(10)16/h2-3,6H,4-5,7H2,1H3. The van der Waals surface area contributed by atoms with E-state index in [1.54, 1.807) is 10.9 Å². The van der Waals surface area contributed by atoms with Gasteiger partial charge in [-0.15, -0.1) is 0 Å². The van der Waals surface area contributed by atoms with Gasteiger partial charge in [-0.25, -0.2) is 9.78 Å². The molecule has 1 aliphatic heterocycles. The van der Waals surface area contributed by atoms with Gasteiger partial charge in [-0.3, -0.25) is 9.48 Å². The Morgan fingerprint density at radius 2 is 2.29 bits per heavy atom. The summed E-state index contributed by atoms with van der Waals surface area (Å²) >= 11 is 0. The summed E-state index contributed by atoms with van der Waals surface area (Å²) in [6.07, 6.45) is 3.72. The van der Waals surface area contributed by atoms with Gasteiger partial charge in [0.05, 0.1) is 19.9 Å². The zero-order valence-electron chi connectivity index (χ0n) is 11.2. The van der Waals surface area contributed by atoms with Crippen molar-refractivity contribution in [2.75, 3.05) is 13.9 Å².